The second-order valence-corrected chi connectivity index (χ2v) is 3.41. The second-order valence-electron chi connectivity index (χ2n) is 3.41. The third-order valence-electron chi connectivity index (χ3n) is 1.81. The molecular weight excluding hydrogens is 188 g/mol. The first-order valence-electron chi connectivity index (χ1n) is 4.97. The van der Waals surface area contributed by atoms with Gasteiger partial charge in [-0.3, -0.25) is 0 Å². The lowest BCUT2D eigenvalue weighted by Crippen LogP contribution is -1.85. The average Bonchev–Trinajstić information content (AvgIpc) is 2.62. The smallest absolute Gasteiger partial charge is 0.246 e. The van der Waals surface area contributed by atoms with Crippen LogP contribution in [0.4, 0.5) is 5.88 Å². The minimum Gasteiger partial charge on any atom is -0.422 e. The van der Waals surface area contributed by atoms with Gasteiger partial charge in [0.2, 0.25) is 5.88 Å². The molecule has 0 N–H and O–H groups in total. The molecular formula is C12H16N2O. The van der Waals surface area contributed by atoms with E-state index in [1.54, 1.807) is 12.3 Å². The van der Waals surface area contributed by atoms with Crippen LogP contribution in [-0.2, 0) is 0 Å². The number of oxazole rings is 1. The molecule has 1 rings (SSSR count). The molecule has 0 saturated carbocycles. The molecule has 0 saturated heterocycles. The zero-order chi connectivity index (χ0) is 11.3. The van der Waals surface area contributed by atoms with Crippen molar-refractivity contribution in [1.82, 2.24) is 4.98 Å². The Labute approximate surface area is 90.2 Å². The molecule has 0 fully saturated rings. The summed E-state index contributed by atoms with van der Waals surface area (Å²) in [6.45, 7) is 9.66. The Morgan fingerprint density at radius 2 is 2.20 bits per heavy atom. The van der Waals surface area contributed by atoms with E-state index >= 15 is 0 Å². The predicted octanol–water partition coefficient (Wildman–Crippen LogP) is 3.72. The van der Waals surface area contributed by atoms with Crippen LogP contribution in [0.15, 0.2) is 28.1 Å². The first kappa shape index (κ1) is 11.4. The monoisotopic (exact) mass is 204 g/mol. The summed E-state index contributed by atoms with van der Waals surface area (Å²) in [5, 5.41) is 0. The van der Waals surface area contributed by atoms with Gasteiger partial charge >= 0.3 is 0 Å². The summed E-state index contributed by atoms with van der Waals surface area (Å²) in [6.07, 6.45) is 7.07. The van der Waals surface area contributed by atoms with Crippen LogP contribution in [0.2, 0.25) is 0 Å². The quantitative estimate of drug-likeness (QED) is 0.701. The Balaban J connectivity index is 3.00. The fourth-order valence-electron chi connectivity index (χ4n) is 1.01. The number of hydrogen-bond donors (Lipinski definition) is 0. The van der Waals surface area contributed by atoms with Gasteiger partial charge in [-0.05, 0) is 19.1 Å². The molecule has 0 unspecified atom stereocenters. The van der Waals surface area contributed by atoms with E-state index in [2.05, 4.69) is 16.6 Å². The fourth-order valence-corrected chi connectivity index (χ4v) is 1.01. The fraction of sp³-hybridized carbons (Fsp3) is 0.333. The Kier molecular flexibility index (Phi) is 4.03. The molecule has 1 aromatic heterocycles. The van der Waals surface area contributed by atoms with Crippen molar-refractivity contribution < 1.29 is 4.42 Å². The highest BCUT2D eigenvalue weighted by atomic mass is 16.4. The Bertz CT molecular complexity index is 386. The van der Waals surface area contributed by atoms with E-state index in [-0.39, 0.29) is 5.92 Å². The van der Waals surface area contributed by atoms with E-state index in [0.29, 0.717) is 17.5 Å². The molecule has 0 aliphatic carbocycles. The van der Waals surface area contributed by atoms with Gasteiger partial charge in [-0.2, -0.15) is 0 Å². The van der Waals surface area contributed by atoms with Crippen molar-refractivity contribution in [3.63, 3.8) is 0 Å². The molecule has 1 heterocycles. The van der Waals surface area contributed by atoms with Crippen LogP contribution >= 0.6 is 0 Å². The summed E-state index contributed by atoms with van der Waals surface area (Å²) in [5.41, 5.74) is 0.694. The first-order chi connectivity index (χ1) is 7.19. The van der Waals surface area contributed by atoms with Gasteiger partial charge in [-0.25, -0.2) is 9.98 Å². The van der Waals surface area contributed by atoms with Crippen molar-refractivity contribution in [2.75, 3.05) is 0 Å². The number of allylic oxidation sites excluding steroid dienone is 2. The van der Waals surface area contributed by atoms with Crippen LogP contribution < -0.4 is 0 Å². The number of nitrogens with zero attached hydrogens (tertiary/aromatic N) is 2. The highest BCUT2D eigenvalue weighted by Gasteiger charge is 2.11. The van der Waals surface area contributed by atoms with Crippen molar-refractivity contribution in [1.29, 1.82) is 0 Å². The van der Waals surface area contributed by atoms with Crippen LogP contribution in [0.1, 0.15) is 38.3 Å². The van der Waals surface area contributed by atoms with Crippen molar-refractivity contribution in [2.45, 2.75) is 26.7 Å². The summed E-state index contributed by atoms with van der Waals surface area (Å²) in [4.78, 5) is 8.44. The summed E-state index contributed by atoms with van der Waals surface area (Å²) >= 11 is 0. The SMILES string of the molecule is C=Cc1nc(C(C)C)oc1/N=C\C=C/C. The van der Waals surface area contributed by atoms with Gasteiger partial charge < -0.3 is 4.42 Å². The molecule has 3 nitrogen and oxygen atoms in total. The van der Waals surface area contributed by atoms with E-state index in [1.165, 1.54) is 0 Å². The van der Waals surface area contributed by atoms with Crippen molar-refractivity contribution in [3.8, 4) is 0 Å². The largest absolute Gasteiger partial charge is 0.422 e. The molecule has 0 spiro atoms. The zero-order valence-electron chi connectivity index (χ0n) is 9.40. The predicted molar refractivity (Wildman–Crippen MR) is 63.6 cm³/mol. The first-order valence-corrected chi connectivity index (χ1v) is 4.97. The van der Waals surface area contributed by atoms with Crippen molar-refractivity contribution in [3.05, 3.63) is 30.3 Å². The molecule has 0 radical (unpaired) electrons. The van der Waals surface area contributed by atoms with Gasteiger partial charge in [0.15, 0.2) is 5.89 Å². The maximum atomic E-state index is 5.50. The third-order valence-corrected chi connectivity index (χ3v) is 1.81. The number of rotatable bonds is 4. The van der Waals surface area contributed by atoms with E-state index in [0.717, 1.165) is 0 Å². The highest BCUT2D eigenvalue weighted by molar-refractivity contribution is 5.74. The van der Waals surface area contributed by atoms with Gasteiger partial charge in [0.1, 0.15) is 5.69 Å². The molecule has 80 valence electrons. The minimum atomic E-state index is 0.259. The lowest BCUT2D eigenvalue weighted by molar-refractivity contribution is 0.479. The summed E-state index contributed by atoms with van der Waals surface area (Å²) in [7, 11) is 0. The normalized spacial score (nSPS) is 12.0. The van der Waals surface area contributed by atoms with Gasteiger partial charge in [0.05, 0.1) is 0 Å². The number of aliphatic imine (C=N–C) groups is 1. The van der Waals surface area contributed by atoms with Gasteiger partial charge in [-0.1, -0.05) is 26.5 Å². The standard InChI is InChI=1S/C12H16N2O/c1-5-7-8-13-12-10(6-2)14-11(15-12)9(3)4/h5-9H,2H2,1,3-4H3/b7-5-,13-8-. The number of hydrogen-bond acceptors (Lipinski definition) is 3. The minimum absolute atomic E-state index is 0.259. The van der Waals surface area contributed by atoms with Crippen LogP contribution in [0.25, 0.3) is 6.08 Å². The van der Waals surface area contributed by atoms with Crippen LogP contribution in [-0.4, -0.2) is 11.2 Å². The second kappa shape index (κ2) is 5.29. The molecule has 1 aromatic rings. The van der Waals surface area contributed by atoms with Gasteiger partial charge in [-0.15, -0.1) is 0 Å². The van der Waals surface area contributed by atoms with Crippen LogP contribution in [0.3, 0.4) is 0 Å². The van der Waals surface area contributed by atoms with E-state index in [1.807, 2.05) is 32.9 Å². The lowest BCUT2D eigenvalue weighted by atomic mass is 10.2. The number of aromatic nitrogens is 1. The van der Waals surface area contributed by atoms with Gasteiger partial charge in [0, 0.05) is 12.1 Å². The maximum Gasteiger partial charge on any atom is 0.246 e. The zero-order valence-corrected chi connectivity index (χ0v) is 9.40. The molecule has 0 aromatic carbocycles. The van der Waals surface area contributed by atoms with E-state index < -0.39 is 0 Å². The molecule has 3 heteroatoms. The van der Waals surface area contributed by atoms with Crippen LogP contribution in [0, 0.1) is 0 Å². The molecule has 0 aliphatic rings. The summed E-state index contributed by atoms with van der Waals surface area (Å²) in [5.74, 6) is 1.47. The Hall–Kier alpha value is -1.64. The molecule has 0 atom stereocenters. The topological polar surface area (TPSA) is 38.4 Å². The average molecular weight is 204 g/mol. The summed E-state index contributed by atoms with van der Waals surface area (Å²) in [6, 6.07) is 0. The maximum absolute atomic E-state index is 5.50. The molecule has 0 bridgehead atoms. The Morgan fingerprint density at radius 3 is 2.73 bits per heavy atom. The van der Waals surface area contributed by atoms with Crippen molar-refractivity contribution >= 4 is 18.2 Å². The molecule has 0 amide bonds. The Morgan fingerprint density at radius 1 is 1.47 bits per heavy atom. The molecule has 0 aliphatic heterocycles. The molecule has 15 heavy (non-hydrogen) atoms. The van der Waals surface area contributed by atoms with E-state index in [4.69, 9.17) is 4.42 Å². The van der Waals surface area contributed by atoms with Gasteiger partial charge in [0.25, 0.3) is 0 Å². The van der Waals surface area contributed by atoms with Crippen LogP contribution in [0.5, 0.6) is 0 Å². The lowest BCUT2D eigenvalue weighted by Gasteiger charge is -1.93. The highest BCUT2D eigenvalue weighted by Crippen LogP contribution is 2.25. The third kappa shape index (κ3) is 2.91. The summed E-state index contributed by atoms with van der Waals surface area (Å²) < 4.78 is 5.50. The van der Waals surface area contributed by atoms with Crippen molar-refractivity contribution in [2.24, 2.45) is 4.99 Å². The van der Waals surface area contributed by atoms with E-state index in [9.17, 15) is 0 Å².